The van der Waals surface area contributed by atoms with Gasteiger partial charge in [-0.2, -0.15) is 5.26 Å². The number of carbonyl (C=O) groups is 1. The average Bonchev–Trinajstić information content (AvgIpc) is 3.11. The zero-order valence-corrected chi connectivity index (χ0v) is 15.5. The zero-order valence-electron chi connectivity index (χ0n) is 14.7. The van der Waals surface area contributed by atoms with E-state index in [2.05, 4.69) is 6.07 Å². The van der Waals surface area contributed by atoms with E-state index in [4.69, 9.17) is 26.3 Å². The van der Waals surface area contributed by atoms with Crippen molar-refractivity contribution in [2.24, 2.45) is 0 Å². The van der Waals surface area contributed by atoms with Crippen molar-refractivity contribution < 1.29 is 14.3 Å². The molecule has 0 aromatic heterocycles. The number of halogens is 1. The van der Waals surface area contributed by atoms with Crippen LogP contribution in [0.4, 0.5) is 10.5 Å². The number of rotatable bonds is 4. The summed E-state index contributed by atoms with van der Waals surface area (Å²) in [6.45, 7) is 0.252. The first kappa shape index (κ1) is 17.9. The third-order valence-corrected chi connectivity index (χ3v) is 4.69. The van der Waals surface area contributed by atoms with Crippen LogP contribution < -0.4 is 9.64 Å². The molecule has 28 heavy (non-hydrogen) atoms. The molecule has 1 amide bonds. The molecule has 1 heterocycles. The molecule has 5 nitrogen and oxygen atoms in total. The molecule has 1 unspecified atom stereocenters. The average molecular weight is 391 g/mol. The van der Waals surface area contributed by atoms with Gasteiger partial charge >= 0.3 is 6.09 Å². The first-order valence-corrected chi connectivity index (χ1v) is 9.01. The Morgan fingerprint density at radius 1 is 1.04 bits per heavy atom. The van der Waals surface area contributed by atoms with Crippen LogP contribution in [0.15, 0.2) is 72.8 Å². The van der Waals surface area contributed by atoms with Crippen LogP contribution in [0.2, 0.25) is 5.02 Å². The largest absolute Gasteiger partial charge is 0.457 e. The molecule has 3 aromatic carbocycles. The Bertz CT molecular complexity index is 1040. The summed E-state index contributed by atoms with van der Waals surface area (Å²) in [6.07, 6.45) is -0.397. The summed E-state index contributed by atoms with van der Waals surface area (Å²) in [5, 5.41) is 9.49. The standard InChI is InChI=1S/C22H15ClN2O3/c23-17-6-8-18(9-7-17)25-21(14-27-22(25)26)16-2-1-3-20(12-16)28-19-10-4-15(13-24)5-11-19/h1-12,21H,14H2. The number of nitriles is 1. The first-order valence-electron chi connectivity index (χ1n) is 8.63. The van der Waals surface area contributed by atoms with Gasteiger partial charge in [-0.25, -0.2) is 4.79 Å². The SMILES string of the molecule is N#Cc1ccc(Oc2cccc(C3COC(=O)N3c3ccc(Cl)cc3)c2)cc1. The minimum absolute atomic E-state index is 0.252. The lowest BCUT2D eigenvalue weighted by Crippen LogP contribution is -2.27. The van der Waals surface area contributed by atoms with E-state index in [1.54, 1.807) is 53.4 Å². The molecule has 1 saturated heterocycles. The van der Waals surface area contributed by atoms with E-state index in [0.717, 1.165) is 11.3 Å². The smallest absolute Gasteiger partial charge is 0.415 e. The number of nitrogens with zero attached hydrogens (tertiary/aromatic N) is 2. The van der Waals surface area contributed by atoms with Crippen molar-refractivity contribution in [3.63, 3.8) is 0 Å². The molecule has 0 saturated carbocycles. The van der Waals surface area contributed by atoms with Gasteiger partial charge in [0.2, 0.25) is 0 Å². The molecule has 3 aromatic rings. The lowest BCUT2D eigenvalue weighted by Gasteiger charge is -2.22. The molecule has 1 fully saturated rings. The highest BCUT2D eigenvalue weighted by molar-refractivity contribution is 6.30. The summed E-state index contributed by atoms with van der Waals surface area (Å²) >= 11 is 5.96. The zero-order chi connectivity index (χ0) is 19.5. The van der Waals surface area contributed by atoms with Crippen molar-refractivity contribution in [3.8, 4) is 17.6 Å². The van der Waals surface area contributed by atoms with Crippen molar-refractivity contribution >= 4 is 23.4 Å². The van der Waals surface area contributed by atoms with E-state index in [1.165, 1.54) is 0 Å². The van der Waals surface area contributed by atoms with E-state index in [9.17, 15) is 4.79 Å². The Balaban J connectivity index is 1.59. The number of cyclic esters (lactones) is 1. The molecular formula is C22H15ClN2O3. The number of anilines is 1. The molecule has 1 atom stereocenters. The summed E-state index contributed by atoms with van der Waals surface area (Å²) in [7, 11) is 0. The third kappa shape index (κ3) is 3.64. The van der Waals surface area contributed by atoms with E-state index >= 15 is 0 Å². The molecule has 0 bridgehead atoms. The van der Waals surface area contributed by atoms with Gasteiger partial charge in [0, 0.05) is 10.7 Å². The summed E-state index contributed by atoms with van der Waals surface area (Å²) in [6, 6.07) is 23.3. The fourth-order valence-corrected chi connectivity index (χ4v) is 3.20. The van der Waals surface area contributed by atoms with Crippen LogP contribution in [-0.4, -0.2) is 12.7 Å². The van der Waals surface area contributed by atoms with Crippen LogP contribution >= 0.6 is 11.6 Å². The van der Waals surface area contributed by atoms with E-state index in [0.29, 0.717) is 22.1 Å². The fourth-order valence-electron chi connectivity index (χ4n) is 3.07. The molecule has 4 rings (SSSR count). The lowest BCUT2D eigenvalue weighted by molar-refractivity contribution is 0.179. The molecule has 6 heteroatoms. The Labute approximate surface area is 167 Å². The predicted octanol–water partition coefficient (Wildman–Crippen LogP) is 5.70. The van der Waals surface area contributed by atoms with Crippen LogP contribution in [0.25, 0.3) is 0 Å². The van der Waals surface area contributed by atoms with Gasteiger partial charge < -0.3 is 9.47 Å². The minimum Gasteiger partial charge on any atom is -0.457 e. The second-order valence-electron chi connectivity index (χ2n) is 6.25. The number of amides is 1. The second kappa shape index (κ2) is 7.63. The van der Waals surface area contributed by atoms with Gasteiger partial charge in [-0.3, -0.25) is 4.90 Å². The highest BCUT2D eigenvalue weighted by atomic mass is 35.5. The van der Waals surface area contributed by atoms with E-state index in [-0.39, 0.29) is 12.6 Å². The predicted molar refractivity (Wildman–Crippen MR) is 106 cm³/mol. The Kier molecular flexibility index (Phi) is 4.88. The van der Waals surface area contributed by atoms with Crippen LogP contribution in [0.5, 0.6) is 11.5 Å². The van der Waals surface area contributed by atoms with Gasteiger partial charge in [0.05, 0.1) is 17.7 Å². The summed E-state index contributed by atoms with van der Waals surface area (Å²) in [4.78, 5) is 13.9. The quantitative estimate of drug-likeness (QED) is 0.573. The fraction of sp³-hybridized carbons (Fsp3) is 0.0909. The summed E-state index contributed by atoms with van der Waals surface area (Å²) in [5.74, 6) is 1.27. The van der Waals surface area contributed by atoms with Crippen LogP contribution in [0, 0.1) is 11.3 Å². The molecule has 1 aliphatic heterocycles. The monoisotopic (exact) mass is 390 g/mol. The molecule has 1 aliphatic rings. The van der Waals surface area contributed by atoms with Crippen LogP contribution in [0.3, 0.4) is 0 Å². The molecular weight excluding hydrogens is 376 g/mol. The maximum Gasteiger partial charge on any atom is 0.415 e. The number of benzene rings is 3. The van der Waals surface area contributed by atoms with Gasteiger partial charge in [-0.15, -0.1) is 0 Å². The van der Waals surface area contributed by atoms with E-state index < -0.39 is 6.09 Å². The highest BCUT2D eigenvalue weighted by Crippen LogP contribution is 2.35. The number of ether oxygens (including phenoxy) is 2. The van der Waals surface area contributed by atoms with Crippen molar-refractivity contribution in [1.29, 1.82) is 5.26 Å². The van der Waals surface area contributed by atoms with Crippen molar-refractivity contribution in [1.82, 2.24) is 0 Å². The summed E-state index contributed by atoms with van der Waals surface area (Å²) < 4.78 is 11.2. The Morgan fingerprint density at radius 3 is 2.50 bits per heavy atom. The Hall–Kier alpha value is -3.49. The molecule has 0 N–H and O–H groups in total. The van der Waals surface area contributed by atoms with Gasteiger partial charge in [0.1, 0.15) is 18.1 Å². The normalized spacial score (nSPS) is 15.8. The van der Waals surface area contributed by atoms with E-state index in [1.807, 2.05) is 24.3 Å². The number of hydrogen-bond acceptors (Lipinski definition) is 4. The highest BCUT2D eigenvalue weighted by Gasteiger charge is 2.35. The van der Waals surface area contributed by atoms with Crippen molar-refractivity contribution in [2.75, 3.05) is 11.5 Å². The molecule has 0 spiro atoms. The molecule has 0 aliphatic carbocycles. The van der Waals surface area contributed by atoms with Gasteiger partial charge in [-0.05, 0) is 66.2 Å². The number of hydrogen-bond donors (Lipinski definition) is 0. The molecule has 138 valence electrons. The van der Waals surface area contributed by atoms with Gasteiger partial charge in [0.15, 0.2) is 0 Å². The third-order valence-electron chi connectivity index (χ3n) is 4.44. The number of carbonyl (C=O) groups excluding carboxylic acids is 1. The Morgan fingerprint density at radius 2 is 1.79 bits per heavy atom. The minimum atomic E-state index is -0.397. The maximum absolute atomic E-state index is 12.3. The van der Waals surface area contributed by atoms with Crippen LogP contribution in [0.1, 0.15) is 17.2 Å². The van der Waals surface area contributed by atoms with Crippen molar-refractivity contribution in [2.45, 2.75) is 6.04 Å². The second-order valence-corrected chi connectivity index (χ2v) is 6.69. The maximum atomic E-state index is 12.3. The topological polar surface area (TPSA) is 62.6 Å². The summed E-state index contributed by atoms with van der Waals surface area (Å²) in [5.41, 5.74) is 2.18. The van der Waals surface area contributed by atoms with Gasteiger partial charge in [0.25, 0.3) is 0 Å². The first-order chi connectivity index (χ1) is 13.6. The van der Waals surface area contributed by atoms with Crippen molar-refractivity contribution in [3.05, 3.63) is 88.9 Å². The van der Waals surface area contributed by atoms with Crippen LogP contribution in [-0.2, 0) is 4.74 Å². The lowest BCUT2D eigenvalue weighted by atomic mass is 10.1. The molecule has 0 radical (unpaired) electrons. The van der Waals surface area contributed by atoms with Gasteiger partial charge in [-0.1, -0.05) is 23.7 Å².